The first-order chi connectivity index (χ1) is 8.52. The van der Waals surface area contributed by atoms with Gasteiger partial charge in [0.25, 0.3) is 0 Å². The third-order valence-corrected chi connectivity index (χ3v) is 2.65. The number of benzene rings is 1. The molecule has 1 aromatic carbocycles. The van der Waals surface area contributed by atoms with Crippen molar-refractivity contribution in [3.05, 3.63) is 28.8 Å². The van der Waals surface area contributed by atoms with Gasteiger partial charge in [-0.05, 0) is 18.2 Å². The van der Waals surface area contributed by atoms with Crippen LogP contribution in [0.5, 0.6) is 0 Å². The number of nitrogens with zero attached hydrogens (tertiary/aromatic N) is 2. The molecule has 0 unspecified atom stereocenters. The summed E-state index contributed by atoms with van der Waals surface area (Å²) >= 11 is 5.89. The van der Waals surface area contributed by atoms with Crippen LogP contribution >= 0.6 is 11.6 Å². The van der Waals surface area contributed by atoms with Crippen molar-refractivity contribution in [1.29, 1.82) is 5.26 Å². The second-order valence-corrected chi connectivity index (χ2v) is 3.94. The van der Waals surface area contributed by atoms with E-state index in [2.05, 4.69) is 0 Å². The summed E-state index contributed by atoms with van der Waals surface area (Å²) in [6.07, 6.45) is -0.432. The third-order valence-electron chi connectivity index (χ3n) is 2.33. The van der Waals surface area contributed by atoms with Crippen molar-refractivity contribution >= 4 is 35.1 Å². The molecule has 4 amide bonds. The molecule has 1 N–H and O–H groups in total. The number of hydrogen-bond acceptors (Lipinski definition) is 4. The highest BCUT2D eigenvalue weighted by atomic mass is 35.5. The molecular weight excluding hydrogens is 258 g/mol. The van der Waals surface area contributed by atoms with Crippen molar-refractivity contribution < 1.29 is 14.4 Å². The van der Waals surface area contributed by atoms with E-state index >= 15 is 0 Å². The Kier molecular flexibility index (Phi) is 3.00. The van der Waals surface area contributed by atoms with Crippen molar-refractivity contribution in [3.8, 4) is 6.07 Å². The van der Waals surface area contributed by atoms with Crippen LogP contribution in [-0.2, 0) is 9.59 Å². The minimum atomic E-state index is -0.867. The highest BCUT2D eigenvalue weighted by molar-refractivity contribution is 6.36. The van der Waals surface area contributed by atoms with Crippen LogP contribution in [-0.4, -0.2) is 17.8 Å². The van der Waals surface area contributed by atoms with E-state index in [1.165, 1.54) is 18.2 Å². The molecule has 1 heterocycles. The maximum atomic E-state index is 11.7. The molecule has 0 atom stereocenters. The number of rotatable bonds is 1. The Hall–Kier alpha value is -2.39. The van der Waals surface area contributed by atoms with Crippen molar-refractivity contribution in [2.75, 3.05) is 4.90 Å². The lowest BCUT2D eigenvalue weighted by molar-refractivity contribution is -0.128. The zero-order chi connectivity index (χ0) is 13.3. The standard InChI is InChI=1S/C11H6ClN3O3/c12-7-2-1-6(5-13)3-8(7)15-10(17)4-9(16)14-11(15)18/h1-3H,4H2,(H,14,16,18). The average Bonchev–Trinajstić information content (AvgIpc) is 2.30. The number of anilines is 1. The molecule has 1 fully saturated rings. The smallest absolute Gasteiger partial charge is 0.277 e. The topological polar surface area (TPSA) is 90.3 Å². The van der Waals surface area contributed by atoms with Crippen molar-refractivity contribution in [2.24, 2.45) is 0 Å². The minimum Gasteiger partial charge on any atom is -0.277 e. The van der Waals surface area contributed by atoms with Crippen LogP contribution in [0.15, 0.2) is 18.2 Å². The number of imide groups is 2. The van der Waals surface area contributed by atoms with Crippen LogP contribution in [0.1, 0.15) is 12.0 Å². The van der Waals surface area contributed by atoms with Gasteiger partial charge in [-0.2, -0.15) is 5.26 Å². The fourth-order valence-electron chi connectivity index (χ4n) is 1.55. The van der Waals surface area contributed by atoms with Crippen molar-refractivity contribution in [2.45, 2.75) is 6.42 Å². The fraction of sp³-hybridized carbons (Fsp3) is 0.0909. The molecule has 18 heavy (non-hydrogen) atoms. The highest BCUT2D eigenvalue weighted by Crippen LogP contribution is 2.28. The molecule has 1 saturated heterocycles. The Bertz CT molecular complexity index is 586. The van der Waals surface area contributed by atoms with E-state index in [4.69, 9.17) is 16.9 Å². The first-order valence-corrected chi connectivity index (χ1v) is 5.27. The molecule has 0 saturated carbocycles. The summed E-state index contributed by atoms with van der Waals surface area (Å²) in [5.41, 5.74) is 0.345. The van der Waals surface area contributed by atoms with Crippen molar-refractivity contribution in [1.82, 2.24) is 5.32 Å². The van der Waals surface area contributed by atoms with Gasteiger partial charge in [-0.15, -0.1) is 0 Å². The molecule has 0 bridgehead atoms. The van der Waals surface area contributed by atoms with E-state index in [0.717, 1.165) is 4.90 Å². The van der Waals surface area contributed by atoms with Gasteiger partial charge in [-0.3, -0.25) is 14.9 Å². The lowest BCUT2D eigenvalue weighted by atomic mass is 10.2. The Morgan fingerprint density at radius 2 is 2.06 bits per heavy atom. The Labute approximate surface area is 107 Å². The van der Waals surface area contributed by atoms with Crippen LogP contribution in [0, 0.1) is 11.3 Å². The van der Waals surface area contributed by atoms with Gasteiger partial charge in [0.1, 0.15) is 6.42 Å². The summed E-state index contributed by atoms with van der Waals surface area (Å²) in [6.45, 7) is 0. The minimum absolute atomic E-state index is 0.0886. The molecule has 1 aliphatic heterocycles. The normalized spacial score (nSPS) is 15.3. The summed E-state index contributed by atoms with van der Waals surface area (Å²) in [5.74, 6) is -1.34. The second-order valence-electron chi connectivity index (χ2n) is 3.54. The van der Waals surface area contributed by atoms with Gasteiger partial charge in [0.05, 0.1) is 22.3 Å². The molecule has 90 valence electrons. The Morgan fingerprint density at radius 3 is 2.67 bits per heavy atom. The number of urea groups is 1. The van der Waals surface area contributed by atoms with E-state index in [0.29, 0.717) is 0 Å². The Balaban J connectivity index is 2.48. The number of amides is 4. The van der Waals surface area contributed by atoms with Gasteiger partial charge in [0.2, 0.25) is 11.8 Å². The van der Waals surface area contributed by atoms with Gasteiger partial charge >= 0.3 is 6.03 Å². The number of carbonyl (C=O) groups is 3. The lowest BCUT2D eigenvalue weighted by Gasteiger charge is -2.25. The molecule has 6 nitrogen and oxygen atoms in total. The maximum absolute atomic E-state index is 11.7. The van der Waals surface area contributed by atoms with Gasteiger partial charge in [0.15, 0.2) is 0 Å². The molecule has 2 rings (SSSR count). The highest BCUT2D eigenvalue weighted by Gasteiger charge is 2.33. The summed E-state index contributed by atoms with van der Waals surface area (Å²) < 4.78 is 0. The summed E-state index contributed by atoms with van der Waals surface area (Å²) in [6, 6.07) is 5.20. The maximum Gasteiger partial charge on any atom is 0.335 e. The van der Waals surface area contributed by atoms with Gasteiger partial charge in [-0.1, -0.05) is 11.6 Å². The summed E-state index contributed by atoms with van der Waals surface area (Å²) in [4.78, 5) is 35.0. The van der Waals surface area contributed by atoms with E-state index in [1.807, 2.05) is 11.4 Å². The number of nitrogens with one attached hydrogen (secondary N) is 1. The lowest BCUT2D eigenvalue weighted by Crippen LogP contribution is -2.53. The number of barbiturate groups is 1. The van der Waals surface area contributed by atoms with Gasteiger partial charge in [-0.25, -0.2) is 9.69 Å². The van der Waals surface area contributed by atoms with E-state index < -0.39 is 24.3 Å². The molecule has 0 aliphatic carbocycles. The zero-order valence-electron chi connectivity index (χ0n) is 8.94. The van der Waals surface area contributed by atoms with Crippen LogP contribution in [0.4, 0.5) is 10.5 Å². The summed E-state index contributed by atoms with van der Waals surface area (Å²) in [7, 11) is 0. The number of carbonyl (C=O) groups excluding carboxylic acids is 3. The van der Waals surface area contributed by atoms with Crippen molar-refractivity contribution in [3.63, 3.8) is 0 Å². The molecule has 7 heteroatoms. The largest absolute Gasteiger partial charge is 0.335 e. The number of nitriles is 1. The van der Waals surface area contributed by atoms with Crippen LogP contribution in [0.25, 0.3) is 0 Å². The van der Waals surface area contributed by atoms with Crippen LogP contribution < -0.4 is 10.2 Å². The van der Waals surface area contributed by atoms with Gasteiger partial charge < -0.3 is 0 Å². The molecule has 0 aromatic heterocycles. The zero-order valence-corrected chi connectivity index (χ0v) is 9.69. The first kappa shape index (κ1) is 12.1. The SMILES string of the molecule is N#Cc1ccc(Cl)c(N2C(=O)CC(=O)NC2=O)c1. The molecular formula is C11H6ClN3O3. The first-order valence-electron chi connectivity index (χ1n) is 4.89. The number of halogens is 1. The third kappa shape index (κ3) is 2.04. The van der Waals surface area contributed by atoms with Crippen LogP contribution in [0.3, 0.4) is 0 Å². The van der Waals surface area contributed by atoms with Crippen LogP contribution in [0.2, 0.25) is 5.02 Å². The number of hydrogen-bond donors (Lipinski definition) is 1. The molecule has 1 aliphatic rings. The molecule has 1 aromatic rings. The quantitative estimate of drug-likeness (QED) is 0.771. The van der Waals surface area contributed by atoms with Gasteiger partial charge in [0, 0.05) is 0 Å². The second kappa shape index (κ2) is 4.47. The van der Waals surface area contributed by atoms with E-state index in [-0.39, 0.29) is 16.3 Å². The Morgan fingerprint density at radius 1 is 1.33 bits per heavy atom. The fourth-order valence-corrected chi connectivity index (χ4v) is 1.75. The monoisotopic (exact) mass is 263 g/mol. The average molecular weight is 264 g/mol. The summed E-state index contributed by atoms with van der Waals surface area (Å²) in [5, 5.41) is 10.9. The predicted octanol–water partition coefficient (Wildman–Crippen LogP) is 1.18. The van der Waals surface area contributed by atoms with E-state index in [9.17, 15) is 14.4 Å². The molecule has 0 radical (unpaired) electrons. The predicted molar refractivity (Wildman–Crippen MR) is 61.8 cm³/mol. The van der Waals surface area contributed by atoms with E-state index in [1.54, 1.807) is 0 Å². The molecule has 0 spiro atoms.